The summed E-state index contributed by atoms with van der Waals surface area (Å²) in [5.74, 6) is 0.728. The largest absolute Gasteiger partial charge is 0.414 e. The van der Waals surface area contributed by atoms with E-state index in [4.69, 9.17) is 10.2 Å². The molecule has 1 unspecified atom stereocenters. The van der Waals surface area contributed by atoms with Gasteiger partial charge < -0.3 is 10.2 Å². The molecular formula is C21H23N5O2S. The maximum absolute atomic E-state index is 12.7. The molecule has 0 saturated heterocycles. The summed E-state index contributed by atoms with van der Waals surface area (Å²) in [6.45, 7) is 3.83. The summed E-state index contributed by atoms with van der Waals surface area (Å²) in [4.78, 5) is 9.55. The molecule has 2 heterocycles. The molecule has 2 aromatic heterocycles. The molecule has 0 fully saturated rings. The van der Waals surface area contributed by atoms with Crippen LogP contribution < -0.4 is 5.73 Å². The second-order valence-electron chi connectivity index (χ2n) is 6.61. The summed E-state index contributed by atoms with van der Waals surface area (Å²) < 4.78 is 18.5. The van der Waals surface area contributed by atoms with Crippen molar-refractivity contribution in [1.29, 1.82) is 0 Å². The van der Waals surface area contributed by atoms with Gasteiger partial charge in [-0.1, -0.05) is 50.2 Å². The number of hydrogen-bond donors (Lipinski definition) is 1. The predicted octanol–water partition coefficient (Wildman–Crippen LogP) is 4.45. The molecule has 7 nitrogen and oxygen atoms in total. The van der Waals surface area contributed by atoms with E-state index in [1.165, 1.54) is 0 Å². The van der Waals surface area contributed by atoms with Crippen molar-refractivity contribution in [3.05, 3.63) is 60.8 Å². The van der Waals surface area contributed by atoms with E-state index in [9.17, 15) is 4.21 Å². The summed E-state index contributed by atoms with van der Waals surface area (Å²) in [6, 6.07) is 16.9. The fourth-order valence-corrected chi connectivity index (χ4v) is 3.92. The smallest absolute Gasteiger partial charge is 0.270 e. The Labute approximate surface area is 173 Å². The molecule has 150 valence electrons. The number of nitrogens with two attached hydrogens (primary N) is 1. The molecule has 0 aliphatic heterocycles. The fraction of sp³-hybridized carbons (Fsp3) is 0.143. The summed E-state index contributed by atoms with van der Waals surface area (Å²) in [5.41, 5.74) is 8.40. The van der Waals surface area contributed by atoms with Gasteiger partial charge in [0.15, 0.2) is 11.5 Å². The quantitative estimate of drug-likeness (QED) is 0.519. The molecule has 1 atom stereocenters. The number of aromatic nitrogens is 4. The van der Waals surface area contributed by atoms with Gasteiger partial charge in [0.2, 0.25) is 5.89 Å². The number of rotatable bonds is 5. The Morgan fingerprint density at radius 2 is 1.69 bits per heavy atom. The van der Waals surface area contributed by atoms with E-state index < -0.39 is 10.8 Å². The lowest BCUT2D eigenvalue weighted by atomic mass is 10.1. The van der Waals surface area contributed by atoms with Gasteiger partial charge in [-0.15, -0.1) is 10.2 Å². The molecule has 0 radical (unpaired) electrons. The van der Waals surface area contributed by atoms with Crippen molar-refractivity contribution in [2.75, 3.05) is 5.73 Å². The summed E-state index contributed by atoms with van der Waals surface area (Å²) in [6.07, 6.45) is 1.56. The van der Waals surface area contributed by atoms with E-state index >= 15 is 0 Å². The van der Waals surface area contributed by atoms with Gasteiger partial charge in [0.25, 0.3) is 5.89 Å². The highest BCUT2D eigenvalue weighted by molar-refractivity contribution is 7.85. The predicted molar refractivity (Wildman–Crippen MR) is 116 cm³/mol. The first kappa shape index (κ1) is 18.9. The van der Waals surface area contributed by atoms with Crippen molar-refractivity contribution in [1.82, 2.24) is 20.2 Å². The first-order chi connectivity index (χ1) is 14.0. The van der Waals surface area contributed by atoms with Crippen molar-refractivity contribution in [3.8, 4) is 34.3 Å². The Kier molecular flexibility index (Phi) is 5.18. The lowest BCUT2D eigenvalue weighted by Crippen LogP contribution is -2.08. The van der Waals surface area contributed by atoms with E-state index in [0.29, 0.717) is 22.2 Å². The summed E-state index contributed by atoms with van der Waals surface area (Å²) >= 11 is 0. The Bertz CT molecular complexity index is 1190. The zero-order valence-electron chi connectivity index (χ0n) is 15.9. The second-order valence-corrected chi connectivity index (χ2v) is 8.59. The van der Waals surface area contributed by atoms with Crippen LogP contribution in [0.25, 0.3) is 34.3 Å². The highest BCUT2D eigenvalue weighted by Gasteiger charge is 2.19. The monoisotopic (exact) mass is 409 g/mol. The van der Waals surface area contributed by atoms with Gasteiger partial charge in [0.1, 0.15) is 0 Å². The molecular weight excluding hydrogens is 386 g/mol. The molecule has 4 rings (SSSR count). The van der Waals surface area contributed by atoms with Crippen molar-refractivity contribution in [3.63, 3.8) is 0 Å². The normalized spacial score (nSPS) is 12.2. The zero-order chi connectivity index (χ0) is 20.4. The number of anilines is 1. The third kappa shape index (κ3) is 3.79. The number of benzene rings is 2. The molecule has 4 aromatic rings. The van der Waals surface area contributed by atoms with Crippen LogP contribution in [-0.4, -0.2) is 29.6 Å². The van der Waals surface area contributed by atoms with Gasteiger partial charge in [0, 0.05) is 24.1 Å². The molecule has 0 amide bonds. The first-order valence-corrected chi connectivity index (χ1v) is 10.3. The molecule has 0 spiro atoms. The second kappa shape index (κ2) is 7.92. The molecule has 2 N–H and O–H groups in total. The highest BCUT2D eigenvalue weighted by atomic mass is 32.2. The average molecular weight is 410 g/mol. The van der Waals surface area contributed by atoms with Crippen LogP contribution in [0.1, 0.15) is 16.7 Å². The van der Waals surface area contributed by atoms with Crippen LogP contribution in [-0.2, 0) is 10.8 Å². The van der Waals surface area contributed by atoms with Crippen LogP contribution in [0.5, 0.6) is 0 Å². The minimum absolute atomic E-state index is 0. The van der Waals surface area contributed by atoms with Gasteiger partial charge in [-0.2, -0.15) is 0 Å². The van der Waals surface area contributed by atoms with Crippen molar-refractivity contribution >= 4 is 16.6 Å². The molecule has 0 bridgehead atoms. The Morgan fingerprint density at radius 1 is 1.00 bits per heavy atom. The van der Waals surface area contributed by atoms with Gasteiger partial charge >= 0.3 is 0 Å². The topological polar surface area (TPSA) is 108 Å². The number of nitrogen functional groups attached to an aromatic ring is 1. The maximum atomic E-state index is 12.7. The molecule has 0 aliphatic rings. The molecule has 0 saturated carbocycles. The van der Waals surface area contributed by atoms with Crippen LogP contribution in [0, 0.1) is 0 Å². The van der Waals surface area contributed by atoms with Crippen LogP contribution >= 0.6 is 0 Å². The number of nitrogens with zero attached hydrogens (tertiary/aromatic N) is 4. The third-order valence-corrected chi connectivity index (χ3v) is 5.90. The van der Waals surface area contributed by atoms with Crippen molar-refractivity contribution in [2.45, 2.75) is 24.0 Å². The minimum atomic E-state index is -1.17. The van der Waals surface area contributed by atoms with Crippen LogP contribution in [0.4, 0.5) is 5.82 Å². The number of hydrogen-bond acceptors (Lipinski definition) is 7. The van der Waals surface area contributed by atoms with E-state index in [1.54, 1.807) is 6.20 Å². The van der Waals surface area contributed by atoms with Gasteiger partial charge in [-0.05, 0) is 18.2 Å². The van der Waals surface area contributed by atoms with Gasteiger partial charge in [-0.25, -0.2) is 9.97 Å². The van der Waals surface area contributed by atoms with Gasteiger partial charge in [-0.3, -0.25) is 4.21 Å². The Morgan fingerprint density at radius 3 is 2.45 bits per heavy atom. The van der Waals surface area contributed by atoms with Crippen LogP contribution in [0.3, 0.4) is 0 Å². The van der Waals surface area contributed by atoms with Crippen molar-refractivity contribution < 1.29 is 11.5 Å². The van der Waals surface area contributed by atoms with E-state index in [2.05, 4.69) is 20.2 Å². The third-order valence-electron chi connectivity index (χ3n) is 4.26. The van der Waals surface area contributed by atoms with Crippen LogP contribution in [0.15, 0.2) is 70.1 Å². The SMILES string of the molecule is CC(C)S(=O)c1ccccc1-c1cnc(N)c(-c2nnc(-c3ccccc3)o2)n1.[HH].[HH]. The van der Waals surface area contributed by atoms with E-state index in [0.717, 1.165) is 11.1 Å². The van der Waals surface area contributed by atoms with E-state index in [1.807, 2.05) is 68.4 Å². The lowest BCUT2D eigenvalue weighted by molar-refractivity contribution is 0.582. The Hall–Kier alpha value is -3.39. The summed E-state index contributed by atoms with van der Waals surface area (Å²) in [5, 5.41) is 8.15. The average Bonchev–Trinajstić information content (AvgIpc) is 3.24. The zero-order valence-corrected chi connectivity index (χ0v) is 16.8. The Balaban J connectivity index is 0.00000171. The standard InChI is InChI=1S/C21H19N5O2S.2H2/c1-13(2)29(27)17-11-7-6-10-15(17)16-12-23-19(22)18(24-16)21-26-25-20(28-21)14-8-4-3-5-9-14;;/h3-13H,1-2H3,(H2,22,23);2*1H. The lowest BCUT2D eigenvalue weighted by Gasteiger charge is -2.11. The van der Waals surface area contributed by atoms with Gasteiger partial charge in [0.05, 0.1) is 22.7 Å². The van der Waals surface area contributed by atoms with E-state index in [-0.39, 0.29) is 19.8 Å². The molecule has 2 aromatic carbocycles. The molecule has 29 heavy (non-hydrogen) atoms. The highest BCUT2D eigenvalue weighted by Crippen LogP contribution is 2.30. The minimum Gasteiger partial charge on any atom is -0.414 e. The first-order valence-electron chi connectivity index (χ1n) is 9.06. The summed E-state index contributed by atoms with van der Waals surface area (Å²) in [7, 11) is -1.17. The van der Waals surface area contributed by atoms with Crippen LogP contribution in [0.2, 0.25) is 0 Å². The molecule has 0 aliphatic carbocycles. The fourth-order valence-electron chi connectivity index (χ4n) is 2.81. The maximum Gasteiger partial charge on any atom is 0.270 e. The molecule has 8 heteroatoms. The van der Waals surface area contributed by atoms with Crippen molar-refractivity contribution in [2.24, 2.45) is 0 Å².